The molecule has 280 valence electrons. The molecule has 3 aromatic carbocycles. The van der Waals surface area contributed by atoms with Crippen molar-refractivity contribution in [2.24, 2.45) is 21.9 Å². The summed E-state index contributed by atoms with van der Waals surface area (Å²) in [5.41, 5.74) is 6.30. The molecule has 10 nitrogen and oxygen atoms in total. The smallest absolute Gasteiger partial charge is 0.857 e. The molecule has 0 atom stereocenters. The second kappa shape index (κ2) is 16.7. The minimum atomic E-state index is -0.540. The first-order valence-electron chi connectivity index (χ1n) is 17.5. The van der Waals surface area contributed by atoms with Crippen molar-refractivity contribution in [1.29, 1.82) is 0 Å². The van der Waals surface area contributed by atoms with Crippen LogP contribution in [0.2, 0.25) is 0 Å². The van der Waals surface area contributed by atoms with Crippen molar-refractivity contribution in [3.05, 3.63) is 119 Å². The van der Waals surface area contributed by atoms with Crippen LogP contribution < -0.4 is 41.8 Å². The maximum absolute atomic E-state index is 13.2. The van der Waals surface area contributed by atoms with E-state index in [1.165, 1.54) is 0 Å². The Morgan fingerprint density at radius 3 is 1.30 bits per heavy atom. The standard InChI is InChI=1S/C42H40N6O4.2Cu/c1-5-47(6-2)25-17-19-31-35(21-25)51-37-24-38-34(23-33(37)39(31)27-13-9-11-15-29(27)41(49)45-43)40(28-14-10-12-16-30(28)42(50)46-44)32-20-18-26(22-36(32)52-38)48(7-3)8-4;;/h9-24,43-44,49-50H,5-8H2,1-4H3;;/q;2*+2. The molecule has 0 spiro atoms. The number of nitrogens with two attached hydrogens (primary N) is 2. The third kappa shape index (κ3) is 6.90. The Hall–Kier alpha value is -5.38. The summed E-state index contributed by atoms with van der Waals surface area (Å²) in [6, 6.07) is 30.8. The molecule has 0 fully saturated rings. The maximum atomic E-state index is 13.2. The van der Waals surface area contributed by atoms with Crippen molar-refractivity contribution >= 4 is 33.7 Å². The Morgan fingerprint density at radius 1 is 0.537 bits per heavy atom. The van der Waals surface area contributed by atoms with Crippen molar-refractivity contribution in [2.75, 3.05) is 26.2 Å². The topological polar surface area (TPSA) is 155 Å². The van der Waals surface area contributed by atoms with Crippen LogP contribution in [0.15, 0.2) is 116 Å². The van der Waals surface area contributed by atoms with Crippen molar-refractivity contribution in [3.8, 4) is 44.9 Å². The minimum Gasteiger partial charge on any atom is -0.857 e. The Balaban J connectivity index is 0.00000280. The predicted octanol–water partition coefficient (Wildman–Crippen LogP) is 4.30. The fourth-order valence-corrected chi connectivity index (χ4v) is 7.32. The van der Waals surface area contributed by atoms with Gasteiger partial charge < -0.3 is 30.7 Å². The molecule has 0 amide bonds. The number of hydrazone groups is 2. The third-order valence-electron chi connectivity index (χ3n) is 9.87. The van der Waals surface area contributed by atoms with Crippen LogP contribution in [-0.2, 0) is 34.1 Å². The van der Waals surface area contributed by atoms with E-state index in [1.807, 2.05) is 60.7 Å². The van der Waals surface area contributed by atoms with Gasteiger partial charge in [-0.05, 0) is 68.1 Å². The second-order valence-corrected chi connectivity index (χ2v) is 12.5. The summed E-state index contributed by atoms with van der Waals surface area (Å²) in [4.78, 5) is 0. The first-order valence-corrected chi connectivity index (χ1v) is 17.5. The molecule has 0 unspecified atom stereocenters. The zero-order valence-corrected chi connectivity index (χ0v) is 32.1. The summed E-state index contributed by atoms with van der Waals surface area (Å²) in [5, 5.41) is 36.9. The van der Waals surface area contributed by atoms with Gasteiger partial charge in [0.05, 0.1) is 12.1 Å². The summed E-state index contributed by atoms with van der Waals surface area (Å²) in [6.45, 7) is 11.8. The number of hydrogen-bond donors (Lipinski definition) is 2. The van der Waals surface area contributed by atoms with Gasteiger partial charge in [-0.15, -0.1) is 0 Å². The number of nitrogens with zero attached hydrogens (tertiary/aromatic N) is 4. The third-order valence-corrected chi connectivity index (χ3v) is 9.87. The summed E-state index contributed by atoms with van der Waals surface area (Å²) in [5.74, 6) is 11.3. The van der Waals surface area contributed by atoms with Gasteiger partial charge in [0.2, 0.25) is 10.7 Å². The Labute approximate surface area is 334 Å². The first kappa shape index (κ1) is 39.8. The van der Waals surface area contributed by atoms with E-state index < -0.39 is 11.8 Å². The number of fused-ring (bicyclic) bond motifs is 4. The van der Waals surface area contributed by atoms with Gasteiger partial charge >= 0.3 is 34.1 Å². The van der Waals surface area contributed by atoms with Crippen LogP contribution in [0.3, 0.4) is 0 Å². The van der Waals surface area contributed by atoms with Crippen LogP contribution in [0.1, 0.15) is 38.8 Å². The van der Waals surface area contributed by atoms with E-state index >= 15 is 0 Å². The molecular formula is C42H40Cu2N6O4+4. The van der Waals surface area contributed by atoms with Crippen molar-refractivity contribution in [1.82, 2.24) is 9.15 Å². The van der Waals surface area contributed by atoms with E-state index in [0.29, 0.717) is 44.9 Å². The average molecular weight is 820 g/mol. The van der Waals surface area contributed by atoms with Crippen molar-refractivity contribution < 1.29 is 53.2 Å². The van der Waals surface area contributed by atoms with Gasteiger partial charge in [-0.1, -0.05) is 48.5 Å². The SMILES string of the molecule is CC[N+](CC)=c1ccc2c(-c3ccccc3/C([O-])=N/N)c3cc4c(-c5ccccc5/C([O-])=N/N)c5ccc(=[N+](CC)CC)cc-5oc4cc3oc-2c1.[Cu+2].[Cu+2]. The second-order valence-electron chi connectivity index (χ2n) is 12.5. The van der Waals surface area contributed by atoms with Crippen LogP contribution in [0.4, 0.5) is 0 Å². The fraction of sp³-hybridized carbons (Fsp3) is 0.190. The van der Waals surface area contributed by atoms with Crippen LogP contribution >= 0.6 is 0 Å². The van der Waals surface area contributed by atoms with Crippen LogP contribution in [0, 0.1) is 0 Å². The van der Waals surface area contributed by atoms with Gasteiger partial charge in [-0.25, -0.2) is 9.15 Å². The average Bonchev–Trinajstić information content (AvgIpc) is 3.18. The molecule has 2 aliphatic heterocycles. The molecule has 2 heterocycles. The molecule has 4 N–H and O–H groups in total. The van der Waals surface area contributed by atoms with Crippen molar-refractivity contribution in [3.63, 3.8) is 0 Å². The quantitative estimate of drug-likeness (QED) is 0.0444. The Kier molecular flexibility index (Phi) is 12.3. The summed E-state index contributed by atoms with van der Waals surface area (Å²) in [7, 11) is 0. The zero-order valence-electron chi connectivity index (χ0n) is 30.2. The van der Waals surface area contributed by atoms with E-state index in [-0.39, 0.29) is 34.1 Å². The molecule has 2 aliphatic carbocycles. The van der Waals surface area contributed by atoms with Gasteiger partial charge in [0.25, 0.3) is 0 Å². The molecule has 4 aliphatic rings. The first-order chi connectivity index (χ1) is 25.3. The van der Waals surface area contributed by atoms with Gasteiger partial charge in [-0.3, -0.25) is 0 Å². The summed E-state index contributed by atoms with van der Waals surface area (Å²) >= 11 is 0. The molecule has 0 bridgehead atoms. The number of hydrogen-bond acceptors (Lipinski definition) is 8. The minimum absolute atomic E-state index is 0. The van der Waals surface area contributed by atoms with E-state index in [1.54, 1.807) is 24.3 Å². The number of rotatable bonds is 8. The van der Waals surface area contributed by atoms with E-state index in [2.05, 4.69) is 59.2 Å². The van der Waals surface area contributed by atoms with Gasteiger partial charge in [-0.2, -0.15) is 10.2 Å². The van der Waals surface area contributed by atoms with Gasteiger partial charge in [0.1, 0.15) is 48.9 Å². The monoisotopic (exact) mass is 818 g/mol. The predicted molar refractivity (Wildman–Crippen MR) is 204 cm³/mol. The van der Waals surface area contributed by atoms with Gasteiger partial charge in [0, 0.05) is 63.0 Å². The van der Waals surface area contributed by atoms with Crippen LogP contribution in [0.25, 0.3) is 66.8 Å². The molecule has 7 rings (SSSR count). The molecule has 3 aromatic rings. The summed E-state index contributed by atoms with van der Waals surface area (Å²) in [6.07, 6.45) is 0. The summed E-state index contributed by atoms with van der Waals surface area (Å²) < 4.78 is 18.0. The Morgan fingerprint density at radius 2 is 0.926 bits per heavy atom. The molecule has 2 radical (unpaired) electrons. The van der Waals surface area contributed by atoms with Gasteiger partial charge in [0.15, 0.2) is 0 Å². The molecule has 54 heavy (non-hydrogen) atoms. The Bertz CT molecular complexity index is 2450. The molecular weight excluding hydrogens is 780 g/mol. The maximum Gasteiger partial charge on any atom is 2.00 e. The number of benzene rings is 5. The van der Waals surface area contributed by atoms with Crippen LogP contribution in [0.5, 0.6) is 0 Å². The molecule has 12 heteroatoms. The van der Waals surface area contributed by atoms with E-state index in [4.69, 9.17) is 20.5 Å². The normalized spacial score (nSPS) is 11.9. The van der Waals surface area contributed by atoms with E-state index in [9.17, 15) is 10.2 Å². The molecule has 0 saturated heterocycles. The largest absolute Gasteiger partial charge is 2.00 e. The van der Waals surface area contributed by atoms with E-state index in [0.717, 1.165) is 69.9 Å². The van der Waals surface area contributed by atoms with Crippen LogP contribution in [-0.4, -0.2) is 38.0 Å². The molecule has 0 saturated carbocycles. The zero-order chi connectivity index (χ0) is 36.5. The van der Waals surface area contributed by atoms with Crippen molar-refractivity contribution in [2.45, 2.75) is 27.7 Å². The molecule has 0 aromatic heterocycles. The fourth-order valence-electron chi connectivity index (χ4n) is 7.32.